The van der Waals surface area contributed by atoms with Crippen LogP contribution in [0.4, 0.5) is 18.9 Å². The van der Waals surface area contributed by atoms with Crippen LogP contribution in [0.2, 0.25) is 0 Å². The molecule has 9 heteroatoms. The summed E-state index contributed by atoms with van der Waals surface area (Å²) in [6, 6.07) is 9.86. The molecule has 0 atom stereocenters. The van der Waals surface area contributed by atoms with Gasteiger partial charge in [0.25, 0.3) is 5.91 Å². The maximum atomic E-state index is 12.9. The third kappa shape index (κ3) is 5.57. The number of anilines is 1. The van der Waals surface area contributed by atoms with E-state index in [0.29, 0.717) is 5.69 Å². The van der Waals surface area contributed by atoms with E-state index in [1.54, 1.807) is 6.92 Å². The minimum absolute atomic E-state index is 0.222. The van der Waals surface area contributed by atoms with Crippen LogP contribution in [0.3, 0.4) is 0 Å². The predicted octanol–water partition coefficient (Wildman–Crippen LogP) is 3.68. The zero-order valence-corrected chi connectivity index (χ0v) is 14.7. The van der Waals surface area contributed by atoms with Crippen molar-refractivity contribution in [2.75, 3.05) is 18.5 Å². The van der Waals surface area contributed by atoms with Gasteiger partial charge in [0.05, 0.1) is 23.3 Å². The number of carbonyl (C=O) groups excluding carboxylic acids is 3. The summed E-state index contributed by atoms with van der Waals surface area (Å²) in [7, 11) is 0. The number of esters is 2. The highest BCUT2D eigenvalue weighted by molar-refractivity contribution is 5.96. The molecule has 0 saturated carbocycles. The highest BCUT2D eigenvalue weighted by Gasteiger charge is 2.35. The second kappa shape index (κ2) is 9.03. The van der Waals surface area contributed by atoms with E-state index in [2.05, 4.69) is 10.1 Å². The number of amides is 1. The summed E-state index contributed by atoms with van der Waals surface area (Å²) >= 11 is 0. The number of hydrogen-bond donors (Lipinski definition) is 1. The van der Waals surface area contributed by atoms with Crippen LogP contribution in [0, 0.1) is 0 Å². The molecule has 2 rings (SSSR count). The summed E-state index contributed by atoms with van der Waals surface area (Å²) in [5.41, 5.74) is -1.23. The van der Waals surface area contributed by atoms with E-state index in [9.17, 15) is 27.6 Å². The van der Waals surface area contributed by atoms with Crippen LogP contribution in [0.1, 0.15) is 33.2 Å². The number of rotatable bonds is 6. The Morgan fingerprint density at radius 2 is 1.57 bits per heavy atom. The lowest BCUT2D eigenvalue weighted by atomic mass is 10.1. The standard InChI is InChI=1S/C19H16F3NO5/c1-2-27-17(25)12-7-9-13(10-8-12)23-16(24)11-28-18(26)14-5-3-4-6-15(14)19(20,21)22/h3-10H,2,11H2,1H3,(H,23,24). The van der Waals surface area contributed by atoms with E-state index in [-0.39, 0.29) is 12.2 Å². The van der Waals surface area contributed by atoms with E-state index in [0.717, 1.165) is 18.2 Å². The van der Waals surface area contributed by atoms with Gasteiger partial charge in [0.15, 0.2) is 6.61 Å². The Morgan fingerprint density at radius 3 is 2.18 bits per heavy atom. The van der Waals surface area contributed by atoms with Crippen LogP contribution < -0.4 is 5.32 Å². The van der Waals surface area contributed by atoms with Crippen molar-refractivity contribution in [3.05, 3.63) is 65.2 Å². The predicted molar refractivity (Wildman–Crippen MR) is 92.8 cm³/mol. The third-order valence-electron chi connectivity index (χ3n) is 3.47. The van der Waals surface area contributed by atoms with Gasteiger partial charge in [-0.25, -0.2) is 9.59 Å². The topological polar surface area (TPSA) is 81.7 Å². The van der Waals surface area contributed by atoms with E-state index >= 15 is 0 Å². The molecule has 0 unspecified atom stereocenters. The van der Waals surface area contributed by atoms with Crippen LogP contribution in [0.25, 0.3) is 0 Å². The number of carbonyl (C=O) groups is 3. The van der Waals surface area contributed by atoms with Gasteiger partial charge in [-0.1, -0.05) is 12.1 Å². The van der Waals surface area contributed by atoms with E-state index < -0.39 is 41.8 Å². The molecule has 0 spiro atoms. The molecule has 6 nitrogen and oxygen atoms in total. The molecule has 0 heterocycles. The Balaban J connectivity index is 1.94. The Morgan fingerprint density at radius 1 is 0.929 bits per heavy atom. The Bertz CT molecular complexity index is 863. The number of benzene rings is 2. The molecule has 0 saturated heterocycles. The molecule has 2 aromatic rings. The van der Waals surface area contributed by atoms with Crippen LogP contribution in [-0.2, 0) is 20.4 Å². The first-order valence-electron chi connectivity index (χ1n) is 8.12. The fourth-order valence-electron chi connectivity index (χ4n) is 2.22. The van der Waals surface area contributed by atoms with Gasteiger partial charge >= 0.3 is 18.1 Å². The highest BCUT2D eigenvalue weighted by Crippen LogP contribution is 2.32. The van der Waals surface area contributed by atoms with Crippen molar-refractivity contribution in [2.24, 2.45) is 0 Å². The van der Waals surface area contributed by atoms with Gasteiger partial charge in [-0.15, -0.1) is 0 Å². The molecule has 0 aliphatic carbocycles. The molecule has 2 aromatic carbocycles. The van der Waals surface area contributed by atoms with Gasteiger partial charge in [0, 0.05) is 5.69 Å². The Hall–Kier alpha value is -3.36. The van der Waals surface area contributed by atoms with Crippen LogP contribution in [-0.4, -0.2) is 31.1 Å². The summed E-state index contributed by atoms with van der Waals surface area (Å²) in [4.78, 5) is 35.3. The van der Waals surface area contributed by atoms with Crippen molar-refractivity contribution >= 4 is 23.5 Å². The van der Waals surface area contributed by atoms with Crippen molar-refractivity contribution < 1.29 is 37.0 Å². The SMILES string of the molecule is CCOC(=O)c1ccc(NC(=O)COC(=O)c2ccccc2C(F)(F)F)cc1. The van der Waals surface area contributed by atoms with Crippen molar-refractivity contribution in [3.63, 3.8) is 0 Å². The molecule has 28 heavy (non-hydrogen) atoms. The fraction of sp³-hybridized carbons (Fsp3) is 0.211. The molecule has 0 bridgehead atoms. The lowest BCUT2D eigenvalue weighted by molar-refractivity contribution is -0.138. The lowest BCUT2D eigenvalue weighted by Crippen LogP contribution is -2.22. The quantitative estimate of drug-likeness (QED) is 0.755. The highest BCUT2D eigenvalue weighted by atomic mass is 19.4. The zero-order chi connectivity index (χ0) is 20.7. The molecule has 0 aromatic heterocycles. The number of hydrogen-bond acceptors (Lipinski definition) is 5. The molecule has 0 aliphatic rings. The van der Waals surface area contributed by atoms with Crippen molar-refractivity contribution in [1.29, 1.82) is 0 Å². The number of nitrogens with one attached hydrogen (secondary N) is 1. The first kappa shape index (κ1) is 20.9. The molecule has 1 amide bonds. The van der Waals surface area contributed by atoms with Crippen LogP contribution in [0.5, 0.6) is 0 Å². The lowest BCUT2D eigenvalue weighted by Gasteiger charge is -2.12. The minimum atomic E-state index is -4.72. The number of alkyl halides is 3. The van der Waals surface area contributed by atoms with E-state index in [4.69, 9.17) is 4.74 Å². The van der Waals surface area contributed by atoms with E-state index in [1.165, 1.54) is 30.3 Å². The summed E-state index contributed by atoms with van der Waals surface area (Å²) in [6.45, 7) is 1.12. The summed E-state index contributed by atoms with van der Waals surface area (Å²) in [5.74, 6) is -2.53. The first-order chi connectivity index (χ1) is 13.2. The maximum Gasteiger partial charge on any atom is 0.417 e. The second-order valence-electron chi connectivity index (χ2n) is 5.47. The van der Waals surface area contributed by atoms with Crippen molar-refractivity contribution in [3.8, 4) is 0 Å². The fourth-order valence-corrected chi connectivity index (χ4v) is 2.22. The summed E-state index contributed by atoms with van der Waals surface area (Å²) < 4.78 is 48.2. The summed E-state index contributed by atoms with van der Waals surface area (Å²) in [5, 5.41) is 2.40. The third-order valence-corrected chi connectivity index (χ3v) is 3.47. The van der Waals surface area contributed by atoms with E-state index in [1.807, 2.05) is 0 Å². The van der Waals surface area contributed by atoms with Gasteiger partial charge in [0.2, 0.25) is 0 Å². The molecular weight excluding hydrogens is 379 g/mol. The second-order valence-corrected chi connectivity index (χ2v) is 5.47. The minimum Gasteiger partial charge on any atom is -0.462 e. The number of ether oxygens (including phenoxy) is 2. The average Bonchev–Trinajstić information content (AvgIpc) is 2.66. The summed E-state index contributed by atoms with van der Waals surface area (Å²) in [6.07, 6.45) is -4.72. The first-order valence-corrected chi connectivity index (χ1v) is 8.12. The Labute approximate surface area is 158 Å². The largest absolute Gasteiger partial charge is 0.462 e. The van der Waals surface area contributed by atoms with Gasteiger partial charge in [-0.05, 0) is 43.3 Å². The monoisotopic (exact) mass is 395 g/mol. The number of halogens is 3. The maximum absolute atomic E-state index is 12.9. The van der Waals surface area contributed by atoms with Gasteiger partial charge < -0.3 is 14.8 Å². The molecule has 0 aliphatic heterocycles. The molecule has 0 fully saturated rings. The zero-order valence-electron chi connectivity index (χ0n) is 14.7. The van der Waals surface area contributed by atoms with Gasteiger partial charge in [-0.2, -0.15) is 13.2 Å². The molecule has 0 radical (unpaired) electrons. The smallest absolute Gasteiger partial charge is 0.417 e. The van der Waals surface area contributed by atoms with Crippen molar-refractivity contribution in [2.45, 2.75) is 13.1 Å². The van der Waals surface area contributed by atoms with Crippen LogP contribution >= 0.6 is 0 Å². The average molecular weight is 395 g/mol. The molecular formula is C19H16F3NO5. The van der Waals surface area contributed by atoms with Gasteiger partial charge in [0.1, 0.15) is 0 Å². The van der Waals surface area contributed by atoms with Crippen LogP contribution in [0.15, 0.2) is 48.5 Å². The Kier molecular flexibility index (Phi) is 6.75. The molecule has 148 valence electrons. The van der Waals surface area contributed by atoms with Gasteiger partial charge in [-0.3, -0.25) is 4.79 Å². The molecule has 1 N–H and O–H groups in total. The normalized spacial score (nSPS) is 10.9. The van der Waals surface area contributed by atoms with Crippen molar-refractivity contribution in [1.82, 2.24) is 0 Å².